The second kappa shape index (κ2) is 7.67. The first-order chi connectivity index (χ1) is 12.7. The molecule has 0 aromatic heterocycles. The van der Waals surface area contributed by atoms with E-state index >= 15 is 0 Å². The Morgan fingerprint density at radius 3 is 2.00 bits per heavy atom. The quantitative estimate of drug-likeness (QED) is 0.471. The fourth-order valence-electron chi connectivity index (χ4n) is 3.90. The highest BCUT2D eigenvalue weighted by Gasteiger charge is 2.20. The highest BCUT2D eigenvalue weighted by Crippen LogP contribution is 2.36. The van der Waals surface area contributed by atoms with E-state index in [1.54, 1.807) is 6.07 Å². The topological polar surface area (TPSA) is 0 Å². The Morgan fingerprint density at radius 2 is 1.35 bits per heavy atom. The number of thiol groups is 1. The third-order valence-corrected chi connectivity index (χ3v) is 5.98. The molecule has 0 spiro atoms. The number of halogens is 1. The van der Waals surface area contributed by atoms with Gasteiger partial charge in [0.1, 0.15) is 5.82 Å². The van der Waals surface area contributed by atoms with Gasteiger partial charge in [-0.1, -0.05) is 66.7 Å². The molecule has 26 heavy (non-hydrogen) atoms. The van der Waals surface area contributed by atoms with Gasteiger partial charge < -0.3 is 0 Å². The Labute approximate surface area is 160 Å². The Bertz CT molecular complexity index is 862. The normalized spacial score (nSPS) is 20.1. The number of rotatable bonds is 3. The van der Waals surface area contributed by atoms with Crippen LogP contribution in [-0.4, -0.2) is 5.25 Å². The van der Waals surface area contributed by atoms with Crippen molar-refractivity contribution in [2.24, 2.45) is 0 Å². The van der Waals surface area contributed by atoms with E-state index in [4.69, 9.17) is 0 Å². The van der Waals surface area contributed by atoms with Crippen LogP contribution in [0.2, 0.25) is 0 Å². The molecule has 1 aliphatic rings. The second-order valence-corrected chi connectivity index (χ2v) is 7.92. The maximum absolute atomic E-state index is 14.6. The van der Waals surface area contributed by atoms with Gasteiger partial charge in [0.2, 0.25) is 0 Å². The Hall–Kier alpha value is -2.06. The zero-order valence-corrected chi connectivity index (χ0v) is 15.6. The van der Waals surface area contributed by atoms with Gasteiger partial charge in [-0.15, -0.1) is 0 Å². The fraction of sp³-hybridized carbons (Fsp3) is 0.250. The van der Waals surface area contributed by atoms with Crippen LogP contribution in [0.4, 0.5) is 4.39 Å². The van der Waals surface area contributed by atoms with Crippen molar-refractivity contribution in [2.75, 3.05) is 0 Å². The lowest BCUT2D eigenvalue weighted by Gasteiger charge is -2.26. The van der Waals surface area contributed by atoms with E-state index < -0.39 is 0 Å². The highest BCUT2D eigenvalue weighted by atomic mass is 32.1. The van der Waals surface area contributed by atoms with Crippen LogP contribution in [0.1, 0.15) is 37.2 Å². The van der Waals surface area contributed by atoms with Crippen molar-refractivity contribution >= 4 is 12.6 Å². The van der Waals surface area contributed by atoms with Gasteiger partial charge in [0.25, 0.3) is 0 Å². The average Bonchev–Trinajstić information content (AvgIpc) is 2.69. The summed E-state index contributed by atoms with van der Waals surface area (Å²) in [5, 5.41) is 0.566. The van der Waals surface area contributed by atoms with Crippen LogP contribution in [0.25, 0.3) is 22.3 Å². The van der Waals surface area contributed by atoms with E-state index in [1.165, 1.54) is 31.2 Å². The zero-order valence-electron chi connectivity index (χ0n) is 14.7. The molecule has 3 aromatic carbocycles. The summed E-state index contributed by atoms with van der Waals surface area (Å²) in [7, 11) is 0. The summed E-state index contributed by atoms with van der Waals surface area (Å²) in [6.07, 6.45) is 4.82. The Kier molecular flexibility index (Phi) is 5.12. The maximum atomic E-state index is 14.6. The lowest BCUT2D eigenvalue weighted by Crippen LogP contribution is -2.12. The van der Waals surface area contributed by atoms with Crippen LogP contribution in [0.5, 0.6) is 0 Å². The standard InChI is InChI=1S/C24H23FS/c25-24-16-21(12-15-23(24)20-4-2-1-3-5-20)19-8-6-17(7-9-19)18-10-13-22(26)14-11-18/h1-9,12,15-16,18,22,26H,10-11,13-14H2. The molecule has 0 N–H and O–H groups in total. The van der Waals surface area contributed by atoms with Crippen molar-refractivity contribution in [1.82, 2.24) is 0 Å². The van der Waals surface area contributed by atoms with E-state index in [-0.39, 0.29) is 5.82 Å². The molecule has 0 saturated heterocycles. The van der Waals surface area contributed by atoms with Gasteiger partial charge in [-0.2, -0.15) is 12.6 Å². The summed E-state index contributed by atoms with van der Waals surface area (Å²) in [4.78, 5) is 0. The molecule has 0 nitrogen and oxygen atoms in total. The minimum absolute atomic E-state index is 0.176. The minimum Gasteiger partial charge on any atom is -0.206 e. The molecular weight excluding hydrogens is 339 g/mol. The predicted molar refractivity (Wildman–Crippen MR) is 111 cm³/mol. The van der Waals surface area contributed by atoms with Crippen molar-refractivity contribution in [2.45, 2.75) is 36.9 Å². The lowest BCUT2D eigenvalue weighted by atomic mass is 9.83. The zero-order chi connectivity index (χ0) is 17.9. The molecule has 0 heterocycles. The number of hydrogen-bond acceptors (Lipinski definition) is 1. The van der Waals surface area contributed by atoms with Crippen LogP contribution in [0.15, 0.2) is 72.8 Å². The molecule has 0 unspecified atom stereocenters. The minimum atomic E-state index is -0.176. The van der Waals surface area contributed by atoms with Crippen LogP contribution in [0, 0.1) is 5.82 Å². The number of hydrogen-bond donors (Lipinski definition) is 1. The van der Waals surface area contributed by atoms with Gasteiger partial charge in [-0.25, -0.2) is 4.39 Å². The molecule has 0 atom stereocenters. The summed E-state index contributed by atoms with van der Waals surface area (Å²) in [6, 6.07) is 23.9. The van der Waals surface area contributed by atoms with Crippen LogP contribution < -0.4 is 0 Å². The molecule has 1 aliphatic carbocycles. The summed E-state index contributed by atoms with van der Waals surface area (Å²) < 4.78 is 14.6. The predicted octanol–water partition coefficient (Wildman–Crippen LogP) is 7.12. The summed E-state index contributed by atoms with van der Waals surface area (Å²) >= 11 is 4.59. The fourth-order valence-corrected chi connectivity index (χ4v) is 4.20. The molecule has 1 saturated carbocycles. The van der Waals surface area contributed by atoms with Crippen LogP contribution in [0.3, 0.4) is 0 Å². The monoisotopic (exact) mass is 362 g/mol. The SMILES string of the molecule is Fc1cc(-c2ccc(C3CCC(S)CC3)cc2)ccc1-c1ccccc1. The molecule has 3 aromatic rings. The first-order valence-electron chi connectivity index (χ1n) is 9.34. The first kappa shape index (κ1) is 17.4. The largest absolute Gasteiger partial charge is 0.206 e. The van der Waals surface area contributed by atoms with Crippen LogP contribution in [-0.2, 0) is 0 Å². The van der Waals surface area contributed by atoms with Gasteiger partial charge in [-0.05, 0) is 59.9 Å². The van der Waals surface area contributed by atoms with Gasteiger partial charge >= 0.3 is 0 Å². The lowest BCUT2D eigenvalue weighted by molar-refractivity contribution is 0.455. The van der Waals surface area contributed by atoms with E-state index in [0.29, 0.717) is 16.7 Å². The third kappa shape index (κ3) is 3.71. The van der Waals surface area contributed by atoms with Crippen molar-refractivity contribution < 1.29 is 4.39 Å². The average molecular weight is 363 g/mol. The maximum Gasteiger partial charge on any atom is 0.131 e. The molecule has 4 rings (SSSR count). The van der Waals surface area contributed by atoms with Gasteiger partial charge in [0, 0.05) is 10.8 Å². The van der Waals surface area contributed by atoms with Crippen molar-refractivity contribution in [3.05, 3.63) is 84.2 Å². The number of benzene rings is 3. The van der Waals surface area contributed by atoms with Gasteiger partial charge in [0.05, 0.1) is 0 Å². The van der Waals surface area contributed by atoms with Crippen LogP contribution >= 0.6 is 12.6 Å². The van der Waals surface area contributed by atoms with E-state index in [9.17, 15) is 4.39 Å². The second-order valence-electron chi connectivity index (χ2n) is 7.19. The molecule has 132 valence electrons. The molecule has 2 heteroatoms. The van der Waals surface area contributed by atoms with Gasteiger partial charge in [0.15, 0.2) is 0 Å². The van der Waals surface area contributed by atoms with E-state index in [2.05, 4.69) is 36.9 Å². The van der Waals surface area contributed by atoms with E-state index in [0.717, 1.165) is 16.7 Å². The summed E-state index contributed by atoms with van der Waals surface area (Å²) in [5.41, 5.74) is 4.94. The third-order valence-electron chi connectivity index (χ3n) is 5.47. The molecule has 0 bridgehead atoms. The molecule has 0 amide bonds. The summed E-state index contributed by atoms with van der Waals surface area (Å²) in [5.74, 6) is 0.467. The molecule has 0 aliphatic heterocycles. The summed E-state index contributed by atoms with van der Waals surface area (Å²) in [6.45, 7) is 0. The van der Waals surface area contributed by atoms with E-state index in [1.807, 2.05) is 42.5 Å². The smallest absolute Gasteiger partial charge is 0.131 e. The molecule has 0 radical (unpaired) electrons. The first-order valence-corrected chi connectivity index (χ1v) is 9.86. The Morgan fingerprint density at radius 1 is 0.692 bits per heavy atom. The molecular formula is C24H23FS. The highest BCUT2D eigenvalue weighted by molar-refractivity contribution is 7.80. The van der Waals surface area contributed by atoms with Crippen molar-refractivity contribution in [1.29, 1.82) is 0 Å². The van der Waals surface area contributed by atoms with Crippen molar-refractivity contribution in [3.63, 3.8) is 0 Å². The van der Waals surface area contributed by atoms with Gasteiger partial charge in [-0.3, -0.25) is 0 Å². The Balaban J connectivity index is 1.55. The molecule has 1 fully saturated rings. The van der Waals surface area contributed by atoms with Crippen molar-refractivity contribution in [3.8, 4) is 22.3 Å².